The summed E-state index contributed by atoms with van der Waals surface area (Å²) < 4.78 is 0. The Morgan fingerprint density at radius 3 is 2.58 bits per heavy atom. The first kappa shape index (κ1) is 16.4. The van der Waals surface area contributed by atoms with Gasteiger partial charge in [0.2, 0.25) is 0 Å². The number of hydrogen-bond donors (Lipinski definition) is 2. The van der Waals surface area contributed by atoms with Gasteiger partial charge in [-0.2, -0.15) is 0 Å². The summed E-state index contributed by atoms with van der Waals surface area (Å²) in [4.78, 5) is 7.50. The third-order valence-corrected chi connectivity index (χ3v) is 4.55. The van der Waals surface area contributed by atoms with Gasteiger partial charge in [0.1, 0.15) is 17.3 Å². The van der Waals surface area contributed by atoms with Crippen molar-refractivity contribution in [3.8, 4) is 5.75 Å². The second kappa shape index (κ2) is 7.02. The molecule has 128 valence electrons. The van der Waals surface area contributed by atoms with E-state index in [0.717, 1.165) is 22.3 Å². The Morgan fingerprint density at radius 1 is 0.962 bits per heavy atom. The van der Waals surface area contributed by atoms with Gasteiger partial charge in [0.05, 0.1) is 6.20 Å². The maximum absolute atomic E-state index is 10.9. The number of rotatable bonds is 4. The van der Waals surface area contributed by atoms with Crippen molar-refractivity contribution in [2.45, 2.75) is 6.04 Å². The number of aromatic hydroxyl groups is 1. The molecule has 2 aromatic carbocycles. The van der Waals surface area contributed by atoms with E-state index < -0.39 is 0 Å². The standard InChI is InChI=1S/C21H16ClN3O/c22-16-9-6-15(7-10-16)19(25-18-5-1-2-12-23-18)17-11-8-14-4-3-13-24-20(14)21(17)26/h1-13,19,26H,(H,23,25)/p+1/t19-/m0/s1. The largest absolute Gasteiger partial charge is 0.505 e. The number of phenolic OH excluding ortho intramolecular Hbond substituents is 1. The highest BCUT2D eigenvalue weighted by Crippen LogP contribution is 2.36. The number of halogens is 1. The van der Waals surface area contributed by atoms with Crippen molar-refractivity contribution in [3.63, 3.8) is 0 Å². The molecule has 2 heterocycles. The predicted octanol–water partition coefficient (Wildman–Crippen LogP) is 4.61. The molecule has 0 spiro atoms. The number of phenols is 1. The third-order valence-electron chi connectivity index (χ3n) is 4.30. The molecule has 26 heavy (non-hydrogen) atoms. The molecule has 4 rings (SSSR count). The average molecular weight is 363 g/mol. The Balaban J connectivity index is 1.84. The smallest absolute Gasteiger partial charge is 0.272 e. The molecule has 0 aliphatic carbocycles. The van der Waals surface area contributed by atoms with Gasteiger partial charge in [0.25, 0.3) is 5.82 Å². The molecule has 5 heteroatoms. The Hall–Kier alpha value is -3.11. The number of nitrogens with zero attached hydrogens (tertiary/aromatic N) is 1. The monoisotopic (exact) mass is 362 g/mol. The lowest BCUT2D eigenvalue weighted by Gasteiger charge is -2.17. The minimum atomic E-state index is -0.266. The number of fused-ring (bicyclic) bond motifs is 1. The van der Waals surface area contributed by atoms with Gasteiger partial charge >= 0.3 is 0 Å². The van der Waals surface area contributed by atoms with Crippen LogP contribution in [0.1, 0.15) is 17.2 Å². The maximum Gasteiger partial charge on any atom is 0.272 e. The number of benzene rings is 2. The summed E-state index contributed by atoms with van der Waals surface area (Å²) in [6.07, 6.45) is 3.53. The number of hydrogen-bond acceptors (Lipinski definition) is 3. The molecular weight excluding hydrogens is 346 g/mol. The van der Waals surface area contributed by atoms with E-state index in [2.05, 4.69) is 15.3 Å². The van der Waals surface area contributed by atoms with Crippen molar-refractivity contribution in [1.82, 2.24) is 4.98 Å². The first-order valence-electron chi connectivity index (χ1n) is 8.28. The van der Waals surface area contributed by atoms with Crippen molar-refractivity contribution >= 4 is 28.3 Å². The number of H-pyrrole nitrogens is 1. The van der Waals surface area contributed by atoms with Gasteiger partial charge in [-0.1, -0.05) is 41.9 Å². The van der Waals surface area contributed by atoms with E-state index in [9.17, 15) is 5.11 Å². The predicted molar refractivity (Wildman–Crippen MR) is 103 cm³/mol. The average Bonchev–Trinajstić information content (AvgIpc) is 2.69. The fraction of sp³-hybridized carbons (Fsp3) is 0.0476. The van der Waals surface area contributed by atoms with Crippen LogP contribution in [0.25, 0.3) is 10.9 Å². The van der Waals surface area contributed by atoms with Gasteiger partial charge < -0.3 is 5.11 Å². The highest BCUT2D eigenvalue weighted by atomic mass is 35.5. The Kier molecular flexibility index (Phi) is 4.42. The van der Waals surface area contributed by atoms with Crippen LogP contribution in [-0.2, 0) is 0 Å². The fourth-order valence-electron chi connectivity index (χ4n) is 3.01. The van der Waals surface area contributed by atoms with Crippen LogP contribution in [0, 0.1) is 0 Å². The Labute approximate surface area is 156 Å². The SMILES string of the molecule is Oc1c([C@@H](Nc2cccc[nH+]2)c2ccc(Cl)cc2)ccc2cccnc12. The molecule has 0 bridgehead atoms. The minimum Gasteiger partial charge on any atom is -0.505 e. The molecule has 3 N–H and O–H groups in total. The zero-order chi connectivity index (χ0) is 17.9. The lowest BCUT2D eigenvalue weighted by molar-refractivity contribution is -0.361. The molecule has 0 amide bonds. The summed E-state index contributed by atoms with van der Waals surface area (Å²) in [5, 5.41) is 15.9. The lowest BCUT2D eigenvalue weighted by Crippen LogP contribution is -2.18. The zero-order valence-electron chi connectivity index (χ0n) is 13.9. The van der Waals surface area contributed by atoms with E-state index in [0.29, 0.717) is 10.5 Å². The molecule has 0 fully saturated rings. The first-order valence-corrected chi connectivity index (χ1v) is 8.65. The van der Waals surface area contributed by atoms with Crippen LogP contribution in [0.5, 0.6) is 5.75 Å². The van der Waals surface area contributed by atoms with E-state index in [1.54, 1.807) is 6.20 Å². The van der Waals surface area contributed by atoms with Gasteiger partial charge in [-0.3, -0.25) is 10.3 Å². The number of anilines is 1. The van der Waals surface area contributed by atoms with Crippen LogP contribution in [0.3, 0.4) is 0 Å². The Bertz CT molecular complexity index is 1040. The van der Waals surface area contributed by atoms with E-state index >= 15 is 0 Å². The third kappa shape index (κ3) is 3.19. The summed E-state index contributed by atoms with van der Waals surface area (Å²) in [7, 11) is 0. The molecule has 2 aromatic heterocycles. The van der Waals surface area contributed by atoms with Gasteiger partial charge in [-0.05, 0) is 30.3 Å². The molecule has 0 radical (unpaired) electrons. The van der Waals surface area contributed by atoms with Crippen molar-refractivity contribution in [2.24, 2.45) is 0 Å². The minimum absolute atomic E-state index is 0.173. The van der Waals surface area contributed by atoms with Crippen molar-refractivity contribution in [2.75, 3.05) is 5.32 Å². The molecule has 0 aliphatic heterocycles. The number of pyridine rings is 2. The number of aromatic nitrogens is 2. The van der Waals surface area contributed by atoms with Crippen LogP contribution in [-0.4, -0.2) is 10.1 Å². The summed E-state index contributed by atoms with van der Waals surface area (Å²) in [6, 6.07) is 20.8. The van der Waals surface area contributed by atoms with E-state index in [1.807, 2.05) is 72.9 Å². The van der Waals surface area contributed by atoms with Crippen LogP contribution in [0.15, 0.2) is 79.1 Å². The second-order valence-corrected chi connectivity index (χ2v) is 6.42. The first-order chi connectivity index (χ1) is 12.7. The Morgan fingerprint density at radius 2 is 1.81 bits per heavy atom. The fourth-order valence-corrected chi connectivity index (χ4v) is 3.14. The summed E-state index contributed by atoms with van der Waals surface area (Å²) >= 11 is 6.05. The maximum atomic E-state index is 10.9. The lowest BCUT2D eigenvalue weighted by atomic mass is 9.96. The molecule has 4 nitrogen and oxygen atoms in total. The number of aromatic amines is 1. The van der Waals surface area contributed by atoms with Crippen molar-refractivity contribution in [1.29, 1.82) is 0 Å². The molecular formula is C21H17ClN3O+. The van der Waals surface area contributed by atoms with Crippen molar-refractivity contribution < 1.29 is 10.1 Å². The normalized spacial score (nSPS) is 12.0. The molecule has 0 saturated carbocycles. The summed E-state index contributed by atoms with van der Waals surface area (Å²) in [5.41, 5.74) is 2.32. The van der Waals surface area contributed by atoms with Crippen LogP contribution in [0.4, 0.5) is 5.82 Å². The van der Waals surface area contributed by atoms with Crippen LogP contribution < -0.4 is 10.3 Å². The van der Waals surface area contributed by atoms with E-state index in [1.165, 1.54) is 0 Å². The molecule has 0 unspecified atom stereocenters. The zero-order valence-corrected chi connectivity index (χ0v) is 14.6. The molecule has 0 saturated heterocycles. The van der Waals surface area contributed by atoms with Gasteiger partial charge in [0, 0.05) is 33.8 Å². The summed E-state index contributed by atoms with van der Waals surface area (Å²) in [5.74, 6) is 1.01. The van der Waals surface area contributed by atoms with Crippen LogP contribution in [0.2, 0.25) is 5.02 Å². The second-order valence-electron chi connectivity index (χ2n) is 5.98. The quantitative estimate of drug-likeness (QED) is 0.557. The highest BCUT2D eigenvalue weighted by Gasteiger charge is 2.24. The van der Waals surface area contributed by atoms with E-state index in [4.69, 9.17) is 11.6 Å². The van der Waals surface area contributed by atoms with Crippen molar-refractivity contribution in [3.05, 3.63) is 95.3 Å². The van der Waals surface area contributed by atoms with Gasteiger partial charge in [0.15, 0.2) is 0 Å². The topological polar surface area (TPSA) is 59.3 Å². The van der Waals surface area contributed by atoms with E-state index in [-0.39, 0.29) is 11.8 Å². The molecule has 0 aliphatic rings. The highest BCUT2D eigenvalue weighted by molar-refractivity contribution is 6.30. The van der Waals surface area contributed by atoms with Gasteiger partial charge in [-0.25, -0.2) is 4.98 Å². The molecule has 1 atom stereocenters. The van der Waals surface area contributed by atoms with Crippen LogP contribution >= 0.6 is 11.6 Å². The van der Waals surface area contributed by atoms with Gasteiger partial charge in [-0.15, -0.1) is 0 Å². The molecule has 4 aromatic rings. The number of nitrogens with one attached hydrogen (secondary N) is 2. The summed E-state index contributed by atoms with van der Waals surface area (Å²) in [6.45, 7) is 0.